The molecule has 0 saturated heterocycles. The molecule has 0 heterocycles. The number of aliphatic hydroxyl groups is 1. The van der Waals surface area contributed by atoms with Gasteiger partial charge in [-0.1, -0.05) is 103 Å². The molecular weight excluding hydrogens is 300 g/mol. The molecule has 2 amide bonds. The molecule has 0 aliphatic heterocycles. The molecule has 144 valence electrons. The number of rotatable bonds is 18. The Morgan fingerprint density at radius 1 is 0.625 bits per heavy atom. The van der Waals surface area contributed by atoms with Gasteiger partial charge in [-0.05, 0) is 6.42 Å². The fourth-order valence-corrected chi connectivity index (χ4v) is 3.01. The molecule has 4 heteroatoms. The van der Waals surface area contributed by atoms with Crippen LogP contribution in [0.2, 0.25) is 0 Å². The third-order valence-electron chi connectivity index (χ3n) is 4.56. The Labute approximate surface area is 150 Å². The molecule has 0 rings (SSSR count). The summed E-state index contributed by atoms with van der Waals surface area (Å²) in [4.78, 5) is 11.0. The number of unbranched alkanes of at least 4 members (excludes halogenated alkanes) is 15. The van der Waals surface area contributed by atoms with E-state index in [-0.39, 0.29) is 12.8 Å². The Bertz CT molecular complexity index is 260. The quantitative estimate of drug-likeness (QED) is 0.228. The number of hydrogen-bond acceptors (Lipinski definition) is 2. The van der Waals surface area contributed by atoms with Crippen molar-refractivity contribution in [2.24, 2.45) is 0 Å². The summed E-state index contributed by atoms with van der Waals surface area (Å²) in [6, 6.07) is -0.279. The highest BCUT2D eigenvalue weighted by molar-refractivity contribution is 5.73. The highest BCUT2D eigenvalue weighted by Gasteiger charge is 1.97. The first-order chi connectivity index (χ1) is 11.8. The summed E-state index contributed by atoms with van der Waals surface area (Å²) >= 11 is 0. The monoisotopic (exact) mass is 342 g/mol. The molecule has 0 atom stereocenters. The van der Waals surface area contributed by atoms with Crippen LogP contribution in [-0.4, -0.2) is 24.4 Å². The van der Waals surface area contributed by atoms with Crippen molar-refractivity contribution in [3.63, 3.8) is 0 Å². The molecular formula is C20H42N2O2. The molecule has 0 aliphatic rings. The van der Waals surface area contributed by atoms with Crippen molar-refractivity contribution in [3.8, 4) is 0 Å². The van der Waals surface area contributed by atoms with Gasteiger partial charge in [0.05, 0.1) is 0 Å². The predicted octanol–water partition coefficient (Wildman–Crippen LogP) is 5.50. The zero-order chi connectivity index (χ0) is 17.7. The maximum atomic E-state index is 11.0. The average Bonchev–Trinajstić information content (AvgIpc) is 2.58. The summed E-state index contributed by atoms with van der Waals surface area (Å²) in [6.45, 7) is 2.67. The summed E-state index contributed by atoms with van der Waals surface area (Å²) in [6.07, 6.45) is 21.7. The van der Waals surface area contributed by atoms with Crippen molar-refractivity contribution < 1.29 is 9.90 Å². The fraction of sp³-hybridized carbons (Fsp3) is 0.950. The van der Waals surface area contributed by atoms with E-state index in [1.165, 1.54) is 96.3 Å². The third kappa shape index (κ3) is 19.3. The van der Waals surface area contributed by atoms with Crippen LogP contribution in [0.5, 0.6) is 0 Å². The van der Waals surface area contributed by atoms with E-state index in [1.54, 1.807) is 0 Å². The minimum Gasteiger partial charge on any atom is -0.376 e. The van der Waals surface area contributed by atoms with Crippen LogP contribution in [0.4, 0.5) is 4.79 Å². The summed E-state index contributed by atoms with van der Waals surface area (Å²) < 4.78 is 0. The molecule has 0 bridgehead atoms. The number of urea groups is 1. The third-order valence-corrected chi connectivity index (χ3v) is 4.56. The van der Waals surface area contributed by atoms with E-state index in [9.17, 15) is 4.79 Å². The summed E-state index contributed by atoms with van der Waals surface area (Å²) in [7, 11) is 0. The summed E-state index contributed by atoms with van der Waals surface area (Å²) in [5.74, 6) is 0. The predicted molar refractivity (Wildman–Crippen MR) is 103 cm³/mol. The van der Waals surface area contributed by atoms with Gasteiger partial charge in [-0.25, -0.2) is 4.79 Å². The van der Waals surface area contributed by atoms with Crippen LogP contribution in [0.1, 0.15) is 110 Å². The molecule has 0 aromatic heterocycles. The Morgan fingerprint density at radius 3 is 1.38 bits per heavy atom. The van der Waals surface area contributed by atoms with Gasteiger partial charge in [0.25, 0.3) is 0 Å². The fourth-order valence-electron chi connectivity index (χ4n) is 3.01. The van der Waals surface area contributed by atoms with Gasteiger partial charge >= 0.3 is 6.03 Å². The SMILES string of the molecule is CCCCCCCCCCCCCCCCCCNC(=O)NCO. The van der Waals surface area contributed by atoms with Crippen LogP contribution in [0.25, 0.3) is 0 Å². The molecule has 24 heavy (non-hydrogen) atoms. The Balaban J connectivity index is 3.01. The van der Waals surface area contributed by atoms with Crippen molar-refractivity contribution in [2.45, 2.75) is 110 Å². The van der Waals surface area contributed by atoms with Crippen molar-refractivity contribution in [1.82, 2.24) is 10.6 Å². The lowest BCUT2D eigenvalue weighted by molar-refractivity contribution is 0.217. The van der Waals surface area contributed by atoms with Gasteiger partial charge in [0.15, 0.2) is 0 Å². The highest BCUT2D eigenvalue weighted by atomic mass is 16.3. The molecule has 0 unspecified atom stereocenters. The summed E-state index contributed by atoms with van der Waals surface area (Å²) in [5, 5.41) is 13.5. The Kier molecular flexibility index (Phi) is 19.6. The van der Waals surface area contributed by atoms with Crippen LogP contribution < -0.4 is 10.6 Å². The van der Waals surface area contributed by atoms with Gasteiger partial charge in [-0.15, -0.1) is 0 Å². The van der Waals surface area contributed by atoms with Gasteiger partial charge in [-0.3, -0.25) is 0 Å². The first kappa shape index (κ1) is 23.2. The lowest BCUT2D eigenvalue weighted by Crippen LogP contribution is -2.36. The van der Waals surface area contributed by atoms with Crippen LogP contribution in [0, 0.1) is 0 Å². The Morgan fingerprint density at radius 2 is 1.00 bits per heavy atom. The number of nitrogens with one attached hydrogen (secondary N) is 2. The van der Waals surface area contributed by atoms with E-state index in [0.29, 0.717) is 6.54 Å². The lowest BCUT2D eigenvalue weighted by Gasteiger charge is -2.05. The maximum Gasteiger partial charge on any atom is 0.316 e. The van der Waals surface area contributed by atoms with Crippen LogP contribution in [0.3, 0.4) is 0 Å². The molecule has 3 N–H and O–H groups in total. The number of amides is 2. The number of carbonyl (C=O) groups excluding carboxylic acids is 1. The van der Waals surface area contributed by atoms with Gasteiger partial charge in [-0.2, -0.15) is 0 Å². The largest absolute Gasteiger partial charge is 0.376 e. The maximum absolute atomic E-state index is 11.0. The van der Waals surface area contributed by atoms with E-state index in [1.807, 2.05) is 0 Å². The first-order valence-electron chi connectivity index (χ1n) is 10.4. The minimum atomic E-state index is -0.301. The molecule has 0 spiro atoms. The minimum absolute atomic E-state index is 0.279. The molecule has 0 radical (unpaired) electrons. The van der Waals surface area contributed by atoms with E-state index >= 15 is 0 Å². The average molecular weight is 343 g/mol. The van der Waals surface area contributed by atoms with E-state index < -0.39 is 0 Å². The van der Waals surface area contributed by atoms with Crippen molar-refractivity contribution in [1.29, 1.82) is 0 Å². The topological polar surface area (TPSA) is 61.4 Å². The van der Waals surface area contributed by atoms with Crippen LogP contribution in [-0.2, 0) is 0 Å². The molecule has 0 aromatic carbocycles. The highest BCUT2D eigenvalue weighted by Crippen LogP contribution is 2.13. The lowest BCUT2D eigenvalue weighted by atomic mass is 10.0. The standard InChI is InChI=1S/C20H42N2O2/c1-2-3-4-5-6-7-8-9-10-11-12-13-14-15-16-17-18-21-20(24)22-19-23/h23H,2-19H2,1H3,(H2,21,22,24). The van der Waals surface area contributed by atoms with Crippen LogP contribution >= 0.6 is 0 Å². The second-order valence-corrected chi connectivity index (χ2v) is 6.89. The van der Waals surface area contributed by atoms with Gasteiger partial charge in [0.2, 0.25) is 0 Å². The normalized spacial score (nSPS) is 10.8. The van der Waals surface area contributed by atoms with E-state index in [0.717, 1.165) is 6.42 Å². The first-order valence-corrected chi connectivity index (χ1v) is 10.4. The number of hydrogen-bond donors (Lipinski definition) is 3. The zero-order valence-electron chi connectivity index (χ0n) is 16.1. The van der Waals surface area contributed by atoms with Crippen molar-refractivity contribution in [3.05, 3.63) is 0 Å². The molecule has 0 aromatic rings. The molecule has 0 fully saturated rings. The molecule has 4 nitrogen and oxygen atoms in total. The number of carbonyl (C=O) groups is 1. The van der Waals surface area contributed by atoms with Crippen LogP contribution in [0.15, 0.2) is 0 Å². The second kappa shape index (κ2) is 20.3. The van der Waals surface area contributed by atoms with Crippen molar-refractivity contribution in [2.75, 3.05) is 13.3 Å². The van der Waals surface area contributed by atoms with Gasteiger partial charge < -0.3 is 15.7 Å². The number of aliphatic hydroxyl groups excluding tert-OH is 1. The summed E-state index contributed by atoms with van der Waals surface area (Å²) in [5.41, 5.74) is 0. The van der Waals surface area contributed by atoms with Gasteiger partial charge in [0.1, 0.15) is 6.73 Å². The second-order valence-electron chi connectivity index (χ2n) is 6.89. The molecule has 0 aliphatic carbocycles. The van der Waals surface area contributed by atoms with Crippen molar-refractivity contribution >= 4 is 6.03 Å². The smallest absolute Gasteiger partial charge is 0.316 e. The van der Waals surface area contributed by atoms with E-state index in [4.69, 9.17) is 5.11 Å². The van der Waals surface area contributed by atoms with Gasteiger partial charge in [0, 0.05) is 6.54 Å². The zero-order valence-corrected chi connectivity index (χ0v) is 16.1. The molecule has 0 saturated carbocycles. The van der Waals surface area contributed by atoms with E-state index in [2.05, 4.69) is 17.6 Å². The Hall–Kier alpha value is -0.770.